The van der Waals surface area contributed by atoms with Gasteiger partial charge in [-0.05, 0) is 89.1 Å². The number of ether oxygens (including phenoxy) is 1. The third kappa shape index (κ3) is 10.1. The van der Waals surface area contributed by atoms with E-state index in [1.54, 1.807) is 32.9 Å². The van der Waals surface area contributed by atoms with E-state index in [0.717, 1.165) is 17.5 Å². The van der Waals surface area contributed by atoms with Crippen molar-refractivity contribution in [1.29, 1.82) is 0 Å². The van der Waals surface area contributed by atoms with E-state index in [9.17, 15) is 24.3 Å². The van der Waals surface area contributed by atoms with Gasteiger partial charge in [0, 0.05) is 11.7 Å². The second kappa shape index (κ2) is 14.7. The Kier molecular flexibility index (Phi) is 11.9. The zero-order chi connectivity index (χ0) is 31.8. The Morgan fingerprint density at radius 1 is 0.976 bits per heavy atom. The largest absolute Gasteiger partial charge is 0.508 e. The van der Waals surface area contributed by atoms with E-state index in [2.05, 4.69) is 24.5 Å². The summed E-state index contributed by atoms with van der Waals surface area (Å²) in [6.45, 7) is 14.7. The molecule has 0 aliphatic rings. The van der Waals surface area contributed by atoms with Gasteiger partial charge in [0.1, 0.15) is 23.4 Å². The minimum atomic E-state index is -1.40. The topological polar surface area (TPSA) is 151 Å². The second-order valence-electron chi connectivity index (χ2n) is 12.2. The van der Waals surface area contributed by atoms with E-state index in [-0.39, 0.29) is 5.75 Å². The molecule has 10 nitrogen and oxygen atoms in total. The highest BCUT2D eigenvalue weighted by Crippen LogP contribution is 2.31. The molecule has 0 fully saturated rings. The van der Waals surface area contributed by atoms with Crippen molar-refractivity contribution in [2.24, 2.45) is 11.7 Å². The lowest BCUT2D eigenvalue weighted by molar-refractivity contribution is -0.144. The number of phenols is 1. The number of nitrogens with two attached hydrogens (primary N) is 1. The number of amides is 4. The highest BCUT2D eigenvalue weighted by Gasteiger charge is 2.39. The molecule has 10 heteroatoms. The molecule has 5 N–H and O–H groups in total. The molecule has 4 amide bonds. The van der Waals surface area contributed by atoms with Crippen LogP contribution in [0.4, 0.5) is 10.5 Å². The number of carbonyl (C=O) groups is 4. The number of aryl methyl sites for hydroxylation is 2. The van der Waals surface area contributed by atoms with Crippen LogP contribution in [-0.4, -0.2) is 51.5 Å². The molecule has 2 rings (SSSR count). The van der Waals surface area contributed by atoms with Gasteiger partial charge in [-0.25, -0.2) is 4.79 Å². The number of nitrogens with zero attached hydrogens (tertiary/aromatic N) is 1. The fourth-order valence-corrected chi connectivity index (χ4v) is 4.68. The Morgan fingerprint density at radius 2 is 1.57 bits per heavy atom. The number of benzene rings is 2. The molecule has 0 spiro atoms. The van der Waals surface area contributed by atoms with E-state index in [1.165, 1.54) is 17.0 Å². The van der Waals surface area contributed by atoms with Gasteiger partial charge in [0.15, 0.2) is 0 Å². The maximum atomic E-state index is 14.4. The van der Waals surface area contributed by atoms with Crippen molar-refractivity contribution < 1.29 is 29.0 Å². The van der Waals surface area contributed by atoms with Gasteiger partial charge in [-0.15, -0.1) is 0 Å². The number of alkyl carbamates (subject to hydrolysis) is 1. The number of phenolic OH excluding ortho intramolecular Hbond substituents is 1. The van der Waals surface area contributed by atoms with E-state index >= 15 is 0 Å². The quantitative estimate of drug-likeness (QED) is 0.273. The Labute approximate surface area is 249 Å². The zero-order valence-corrected chi connectivity index (χ0v) is 26.0. The van der Waals surface area contributed by atoms with Crippen molar-refractivity contribution in [3.63, 3.8) is 0 Å². The number of anilines is 1. The standard InChI is InChI=1S/C32H46N4O6/c1-19(2)15-16-22(5)36(30(40)25(18-26(33)38)34-31(41)42-32(6,7)8)28(23-13-10-14-24(37)17-23)29(39)35-27-20(3)11-9-12-21(27)4/h9-14,17,19,22,25,28,37H,15-16,18H2,1-8H3,(H2,33,38)(H,34,41)(H,35,39). The Bertz CT molecular complexity index is 1250. The number of hydrogen-bond acceptors (Lipinski definition) is 6. The lowest BCUT2D eigenvalue weighted by Gasteiger charge is -2.38. The molecule has 0 saturated carbocycles. The number of primary amides is 1. The molecule has 3 unspecified atom stereocenters. The summed E-state index contributed by atoms with van der Waals surface area (Å²) in [5.74, 6) is -1.78. The molecule has 2 aromatic rings. The number of aromatic hydroxyl groups is 1. The van der Waals surface area contributed by atoms with Gasteiger partial charge in [0.05, 0.1) is 6.42 Å². The van der Waals surface area contributed by atoms with Crippen LogP contribution in [0.5, 0.6) is 5.75 Å². The normalized spacial score (nSPS) is 13.5. The summed E-state index contributed by atoms with van der Waals surface area (Å²) >= 11 is 0. The van der Waals surface area contributed by atoms with Gasteiger partial charge in [-0.1, -0.05) is 44.2 Å². The van der Waals surface area contributed by atoms with E-state index in [4.69, 9.17) is 10.5 Å². The van der Waals surface area contributed by atoms with Gasteiger partial charge in [0.25, 0.3) is 5.91 Å². The van der Waals surface area contributed by atoms with Gasteiger partial charge in [-0.2, -0.15) is 0 Å². The van der Waals surface area contributed by atoms with Crippen LogP contribution >= 0.6 is 0 Å². The molecule has 42 heavy (non-hydrogen) atoms. The molecule has 0 heterocycles. The van der Waals surface area contributed by atoms with E-state index < -0.39 is 54.0 Å². The average molecular weight is 583 g/mol. The smallest absolute Gasteiger partial charge is 0.408 e. The molecule has 0 bridgehead atoms. The number of carbonyl (C=O) groups excluding carboxylic acids is 4. The summed E-state index contributed by atoms with van der Waals surface area (Å²) in [5, 5.41) is 15.8. The fourth-order valence-electron chi connectivity index (χ4n) is 4.68. The summed E-state index contributed by atoms with van der Waals surface area (Å²) in [6.07, 6.45) is -0.122. The predicted molar refractivity (Wildman–Crippen MR) is 163 cm³/mol. The lowest BCUT2D eigenvalue weighted by atomic mass is 9.96. The number of hydrogen-bond donors (Lipinski definition) is 4. The first-order valence-corrected chi connectivity index (χ1v) is 14.3. The van der Waals surface area contributed by atoms with Gasteiger partial charge >= 0.3 is 6.09 Å². The van der Waals surface area contributed by atoms with E-state index in [0.29, 0.717) is 23.6 Å². The van der Waals surface area contributed by atoms with Gasteiger partial charge in [-0.3, -0.25) is 14.4 Å². The fraction of sp³-hybridized carbons (Fsp3) is 0.500. The molecular formula is C32H46N4O6. The Morgan fingerprint density at radius 3 is 2.10 bits per heavy atom. The van der Waals surface area contributed by atoms with Crippen molar-refractivity contribution in [1.82, 2.24) is 10.2 Å². The first-order chi connectivity index (χ1) is 19.5. The predicted octanol–water partition coefficient (Wildman–Crippen LogP) is 5.11. The minimum Gasteiger partial charge on any atom is -0.508 e. The van der Waals surface area contributed by atoms with Crippen LogP contribution in [0.2, 0.25) is 0 Å². The minimum absolute atomic E-state index is 0.0832. The highest BCUT2D eigenvalue weighted by molar-refractivity contribution is 6.00. The van der Waals surface area contributed by atoms with E-state index in [1.807, 2.05) is 39.0 Å². The van der Waals surface area contributed by atoms with Gasteiger partial charge < -0.3 is 31.1 Å². The summed E-state index contributed by atoms with van der Waals surface area (Å²) in [6, 6.07) is 8.63. The van der Waals surface area contributed by atoms with Crippen LogP contribution in [0.3, 0.4) is 0 Å². The lowest BCUT2D eigenvalue weighted by Crippen LogP contribution is -2.55. The van der Waals surface area contributed by atoms with Crippen molar-refractivity contribution in [2.75, 3.05) is 5.32 Å². The monoisotopic (exact) mass is 582 g/mol. The highest BCUT2D eigenvalue weighted by atomic mass is 16.6. The molecule has 0 radical (unpaired) electrons. The Hall–Kier alpha value is -4.08. The molecule has 3 atom stereocenters. The van der Waals surface area contributed by atoms with Crippen molar-refractivity contribution in [2.45, 2.75) is 98.4 Å². The van der Waals surface area contributed by atoms with Crippen molar-refractivity contribution in [3.8, 4) is 5.75 Å². The third-order valence-electron chi connectivity index (χ3n) is 6.73. The number of rotatable bonds is 12. The first kappa shape index (κ1) is 34.1. The maximum Gasteiger partial charge on any atom is 0.408 e. The molecule has 0 aromatic heterocycles. The summed E-state index contributed by atoms with van der Waals surface area (Å²) in [5.41, 5.74) is 7.28. The number of para-hydroxylation sites is 1. The third-order valence-corrected chi connectivity index (χ3v) is 6.73. The van der Waals surface area contributed by atoms with Crippen LogP contribution in [0.1, 0.15) is 83.5 Å². The van der Waals surface area contributed by atoms with Gasteiger partial charge in [0.2, 0.25) is 11.8 Å². The summed E-state index contributed by atoms with van der Waals surface area (Å²) in [7, 11) is 0. The molecule has 0 saturated heterocycles. The Balaban J connectivity index is 2.68. The summed E-state index contributed by atoms with van der Waals surface area (Å²) in [4.78, 5) is 54.7. The van der Waals surface area contributed by atoms with Crippen LogP contribution < -0.4 is 16.4 Å². The maximum absolute atomic E-state index is 14.4. The second-order valence-corrected chi connectivity index (χ2v) is 12.2. The van der Waals surface area contributed by atoms with Crippen LogP contribution in [0.25, 0.3) is 0 Å². The van der Waals surface area contributed by atoms with Crippen LogP contribution in [-0.2, 0) is 19.1 Å². The zero-order valence-electron chi connectivity index (χ0n) is 26.0. The van der Waals surface area contributed by atoms with Crippen LogP contribution in [0, 0.1) is 19.8 Å². The molecular weight excluding hydrogens is 536 g/mol. The molecule has 2 aromatic carbocycles. The molecule has 230 valence electrons. The average Bonchev–Trinajstić information content (AvgIpc) is 2.85. The SMILES string of the molecule is Cc1cccc(C)c1NC(=O)C(c1cccc(O)c1)N(C(=O)C(CC(N)=O)NC(=O)OC(C)(C)C)C(C)CCC(C)C. The van der Waals surface area contributed by atoms with Crippen molar-refractivity contribution in [3.05, 3.63) is 59.2 Å². The molecule has 0 aliphatic carbocycles. The molecule has 0 aliphatic heterocycles. The van der Waals surface area contributed by atoms with Crippen LogP contribution in [0.15, 0.2) is 42.5 Å². The summed E-state index contributed by atoms with van der Waals surface area (Å²) < 4.78 is 5.35. The first-order valence-electron chi connectivity index (χ1n) is 14.3. The van der Waals surface area contributed by atoms with Crippen molar-refractivity contribution >= 4 is 29.5 Å². The number of nitrogens with one attached hydrogen (secondary N) is 2.